The van der Waals surface area contributed by atoms with Gasteiger partial charge in [0.25, 0.3) is 0 Å². The molecule has 0 saturated heterocycles. The van der Waals surface area contributed by atoms with Crippen LogP contribution in [0.3, 0.4) is 0 Å². The average Bonchev–Trinajstić information content (AvgIpc) is 2.37. The lowest BCUT2D eigenvalue weighted by Gasteiger charge is -2.25. The van der Waals surface area contributed by atoms with Crippen molar-refractivity contribution in [3.8, 4) is 0 Å². The van der Waals surface area contributed by atoms with Gasteiger partial charge in [-0.2, -0.15) is 0 Å². The number of hydrogen-bond acceptors (Lipinski definition) is 2. The number of hydrogen-bond donors (Lipinski definition) is 2. The predicted octanol–water partition coefficient (Wildman–Crippen LogP) is 3.14. The van der Waals surface area contributed by atoms with Crippen molar-refractivity contribution in [2.24, 2.45) is 11.7 Å². The highest BCUT2D eigenvalue weighted by Crippen LogP contribution is 2.23. The summed E-state index contributed by atoms with van der Waals surface area (Å²) in [4.78, 5) is 12.0. The highest BCUT2D eigenvalue weighted by atomic mass is 79.9. The first-order valence-corrected chi connectivity index (χ1v) is 7.33. The van der Waals surface area contributed by atoms with Crippen molar-refractivity contribution < 1.29 is 9.18 Å². The Labute approximate surface area is 133 Å². The van der Waals surface area contributed by atoms with E-state index in [2.05, 4.69) is 21.2 Å². The third-order valence-electron chi connectivity index (χ3n) is 3.55. The monoisotopic (exact) mass is 364 g/mol. The lowest BCUT2D eigenvalue weighted by molar-refractivity contribution is -0.126. The molecule has 1 saturated carbocycles. The smallest absolute Gasteiger partial charge is 0.223 e. The molecule has 2 unspecified atom stereocenters. The molecule has 0 spiro atoms. The van der Waals surface area contributed by atoms with Gasteiger partial charge in [-0.3, -0.25) is 4.79 Å². The third-order valence-corrected chi connectivity index (χ3v) is 4.29. The minimum Gasteiger partial charge on any atom is -0.352 e. The second-order valence-electron chi connectivity index (χ2n) is 5.08. The Kier molecular flexibility index (Phi) is 6.92. The molecule has 1 aromatic rings. The van der Waals surface area contributed by atoms with E-state index in [4.69, 9.17) is 5.73 Å². The van der Waals surface area contributed by atoms with E-state index >= 15 is 0 Å². The van der Waals surface area contributed by atoms with Crippen LogP contribution in [0, 0.1) is 11.7 Å². The summed E-state index contributed by atoms with van der Waals surface area (Å²) in [6.45, 7) is 0.408. The third kappa shape index (κ3) is 4.72. The fourth-order valence-corrected chi connectivity index (χ4v) is 2.95. The number of amides is 1. The molecule has 20 heavy (non-hydrogen) atoms. The number of nitrogens with two attached hydrogens (primary N) is 1. The van der Waals surface area contributed by atoms with Crippen LogP contribution in [0.1, 0.15) is 31.2 Å². The Morgan fingerprint density at radius 2 is 2.20 bits per heavy atom. The van der Waals surface area contributed by atoms with Crippen LogP contribution in [0.4, 0.5) is 4.39 Å². The van der Waals surface area contributed by atoms with E-state index < -0.39 is 0 Å². The van der Waals surface area contributed by atoms with E-state index in [1.165, 1.54) is 12.1 Å². The fourth-order valence-electron chi connectivity index (χ4n) is 2.46. The summed E-state index contributed by atoms with van der Waals surface area (Å²) in [6, 6.07) is 4.61. The molecule has 1 fully saturated rings. The number of rotatable bonds is 3. The molecule has 0 bridgehead atoms. The maximum Gasteiger partial charge on any atom is 0.223 e. The molecular weight excluding hydrogens is 347 g/mol. The lowest BCUT2D eigenvalue weighted by Crippen LogP contribution is -2.37. The molecule has 112 valence electrons. The summed E-state index contributed by atoms with van der Waals surface area (Å²) in [7, 11) is 0. The molecular formula is C14H19BrClFN2O. The van der Waals surface area contributed by atoms with Gasteiger partial charge in [0.2, 0.25) is 5.91 Å². The van der Waals surface area contributed by atoms with Crippen LogP contribution in [0.2, 0.25) is 0 Å². The van der Waals surface area contributed by atoms with Gasteiger partial charge in [0.05, 0.1) is 0 Å². The zero-order valence-electron chi connectivity index (χ0n) is 11.1. The van der Waals surface area contributed by atoms with E-state index in [9.17, 15) is 9.18 Å². The highest BCUT2D eigenvalue weighted by Gasteiger charge is 2.25. The molecule has 2 atom stereocenters. The lowest BCUT2D eigenvalue weighted by atomic mass is 9.85. The minimum atomic E-state index is -0.291. The van der Waals surface area contributed by atoms with Crippen LogP contribution in [0.15, 0.2) is 22.7 Å². The van der Waals surface area contributed by atoms with Gasteiger partial charge in [-0.05, 0) is 37.0 Å². The van der Waals surface area contributed by atoms with Crippen LogP contribution >= 0.6 is 28.3 Å². The first kappa shape index (κ1) is 17.4. The molecule has 2 rings (SSSR count). The number of benzene rings is 1. The molecule has 1 aromatic carbocycles. The molecule has 3 N–H and O–H groups in total. The maximum atomic E-state index is 12.9. The molecule has 1 amide bonds. The van der Waals surface area contributed by atoms with Gasteiger partial charge in [0.1, 0.15) is 5.82 Å². The van der Waals surface area contributed by atoms with Crippen LogP contribution in [0.25, 0.3) is 0 Å². The van der Waals surface area contributed by atoms with Crippen LogP contribution in [-0.4, -0.2) is 11.9 Å². The van der Waals surface area contributed by atoms with Crippen molar-refractivity contribution in [2.75, 3.05) is 0 Å². The number of carbonyl (C=O) groups is 1. The normalized spacial score (nSPS) is 21.9. The Bertz CT molecular complexity index is 472. The predicted molar refractivity (Wildman–Crippen MR) is 83.1 cm³/mol. The number of carbonyl (C=O) groups excluding carboxylic acids is 1. The molecule has 0 radical (unpaired) electrons. The summed E-state index contributed by atoms with van der Waals surface area (Å²) in [5.74, 6) is -0.227. The minimum absolute atomic E-state index is 0. The zero-order chi connectivity index (χ0) is 13.8. The molecule has 0 aromatic heterocycles. The Morgan fingerprint density at radius 3 is 2.85 bits per heavy atom. The van der Waals surface area contributed by atoms with Crippen molar-refractivity contribution in [3.63, 3.8) is 0 Å². The molecule has 1 aliphatic carbocycles. The maximum absolute atomic E-state index is 12.9. The largest absolute Gasteiger partial charge is 0.352 e. The first-order valence-electron chi connectivity index (χ1n) is 6.53. The first-order chi connectivity index (χ1) is 9.06. The van der Waals surface area contributed by atoms with Crippen molar-refractivity contribution >= 4 is 34.2 Å². The highest BCUT2D eigenvalue weighted by molar-refractivity contribution is 9.10. The Balaban J connectivity index is 0.00000200. The van der Waals surface area contributed by atoms with Crippen LogP contribution in [-0.2, 0) is 11.3 Å². The van der Waals surface area contributed by atoms with Crippen molar-refractivity contribution in [2.45, 2.75) is 38.3 Å². The molecule has 1 aliphatic rings. The summed E-state index contributed by atoms with van der Waals surface area (Å²) in [5, 5.41) is 2.90. The van der Waals surface area contributed by atoms with Gasteiger partial charge < -0.3 is 11.1 Å². The SMILES string of the molecule is Cl.NC1CCCC(C(=O)NCc2ccc(F)cc2Br)C1. The molecule has 0 aliphatic heterocycles. The van der Waals surface area contributed by atoms with E-state index in [0.717, 1.165) is 31.2 Å². The second kappa shape index (κ2) is 7.96. The Hall–Kier alpha value is -0.650. The van der Waals surface area contributed by atoms with Gasteiger partial charge >= 0.3 is 0 Å². The average molecular weight is 366 g/mol. The van der Waals surface area contributed by atoms with Gasteiger partial charge in [-0.15, -0.1) is 12.4 Å². The van der Waals surface area contributed by atoms with E-state index in [1.54, 1.807) is 6.07 Å². The van der Waals surface area contributed by atoms with E-state index in [1.807, 2.05) is 0 Å². The van der Waals surface area contributed by atoms with Crippen molar-refractivity contribution in [1.29, 1.82) is 0 Å². The molecule has 3 nitrogen and oxygen atoms in total. The molecule has 0 heterocycles. The zero-order valence-corrected chi connectivity index (χ0v) is 13.5. The summed E-state index contributed by atoms with van der Waals surface area (Å²) < 4.78 is 13.6. The molecule has 6 heteroatoms. The summed E-state index contributed by atoms with van der Waals surface area (Å²) in [5.41, 5.74) is 6.75. The summed E-state index contributed by atoms with van der Waals surface area (Å²) in [6.07, 6.45) is 3.69. The van der Waals surface area contributed by atoms with E-state index in [-0.39, 0.29) is 36.1 Å². The standard InChI is InChI=1S/C14H18BrFN2O.ClH/c15-13-7-11(16)5-4-10(13)8-18-14(19)9-2-1-3-12(17)6-9;/h4-5,7,9,12H,1-3,6,8,17H2,(H,18,19);1H. The van der Waals surface area contributed by atoms with Gasteiger partial charge in [-0.25, -0.2) is 4.39 Å². The fraction of sp³-hybridized carbons (Fsp3) is 0.500. The summed E-state index contributed by atoms with van der Waals surface area (Å²) >= 11 is 3.29. The van der Waals surface area contributed by atoms with Gasteiger partial charge in [0, 0.05) is 23.0 Å². The second-order valence-corrected chi connectivity index (χ2v) is 5.93. The Morgan fingerprint density at radius 1 is 1.45 bits per heavy atom. The van der Waals surface area contributed by atoms with Crippen molar-refractivity contribution in [1.82, 2.24) is 5.32 Å². The quantitative estimate of drug-likeness (QED) is 0.864. The van der Waals surface area contributed by atoms with Gasteiger partial charge in [0.15, 0.2) is 0 Å². The van der Waals surface area contributed by atoms with Crippen LogP contribution in [0.5, 0.6) is 0 Å². The van der Waals surface area contributed by atoms with Crippen molar-refractivity contribution in [3.05, 3.63) is 34.1 Å². The number of halogens is 3. The topological polar surface area (TPSA) is 55.1 Å². The van der Waals surface area contributed by atoms with E-state index in [0.29, 0.717) is 11.0 Å². The van der Waals surface area contributed by atoms with Gasteiger partial charge in [-0.1, -0.05) is 28.4 Å². The van der Waals surface area contributed by atoms with Crippen LogP contribution < -0.4 is 11.1 Å². The number of nitrogens with one attached hydrogen (secondary N) is 1.